The number of nitrogens with one attached hydrogen (secondary N) is 1. The van der Waals surface area contributed by atoms with E-state index in [0.717, 1.165) is 30.2 Å². The molecule has 1 N–H and O–H groups in total. The van der Waals surface area contributed by atoms with E-state index in [2.05, 4.69) is 5.32 Å². The first-order chi connectivity index (χ1) is 12.4. The summed E-state index contributed by atoms with van der Waals surface area (Å²) in [5.41, 5.74) is 1.29. The molecule has 0 saturated carbocycles. The smallest absolute Gasteiger partial charge is 0.418 e. The minimum atomic E-state index is -4.43. The molecule has 0 aromatic heterocycles. The number of anilines is 1. The van der Waals surface area contributed by atoms with Gasteiger partial charge in [-0.15, -0.1) is 0 Å². The van der Waals surface area contributed by atoms with E-state index in [4.69, 9.17) is 4.74 Å². The molecule has 0 aliphatic carbocycles. The second kappa shape index (κ2) is 6.20. The number of benzene rings is 2. The van der Waals surface area contributed by atoms with Gasteiger partial charge in [0.15, 0.2) is 0 Å². The maximum Gasteiger partial charge on any atom is 0.418 e. The van der Waals surface area contributed by atoms with Crippen LogP contribution in [0.25, 0.3) is 0 Å². The summed E-state index contributed by atoms with van der Waals surface area (Å²) in [4.78, 5) is 1.81. The van der Waals surface area contributed by atoms with Crippen LogP contribution in [-0.4, -0.2) is 26.2 Å². The molecule has 0 radical (unpaired) electrons. The standard InChI is InChI=1S/C20H21F3N2O/c1-12-5-3-4-6-18(12)26-13-9-14-15-11-24-8-7-17(15)25(2)19(14)16(10-13)20(21,22)23/h3-6,9-10,15,17,24H,7-8,11H2,1-2H3/t15-,17-/m0/s1. The van der Waals surface area contributed by atoms with E-state index in [1.54, 1.807) is 24.1 Å². The molecule has 2 aromatic rings. The van der Waals surface area contributed by atoms with E-state index in [1.807, 2.05) is 25.1 Å². The minimum Gasteiger partial charge on any atom is -0.457 e. The molecule has 1 fully saturated rings. The summed E-state index contributed by atoms with van der Waals surface area (Å²) >= 11 is 0. The van der Waals surface area contributed by atoms with Crippen molar-refractivity contribution in [1.29, 1.82) is 0 Å². The summed E-state index contributed by atoms with van der Waals surface area (Å²) < 4.78 is 47.2. The molecule has 2 aromatic carbocycles. The number of aryl methyl sites for hydroxylation is 1. The number of likely N-dealkylation sites (N-methyl/N-ethyl adjacent to an activating group) is 1. The quantitative estimate of drug-likeness (QED) is 0.838. The predicted octanol–water partition coefficient (Wildman–Crippen LogP) is 4.70. The Bertz CT molecular complexity index is 834. The number of ether oxygens (including phenoxy) is 1. The highest BCUT2D eigenvalue weighted by atomic mass is 19.4. The number of piperidine rings is 1. The molecule has 0 amide bonds. The normalized spacial score (nSPS) is 22.1. The Morgan fingerprint density at radius 3 is 2.69 bits per heavy atom. The summed E-state index contributed by atoms with van der Waals surface area (Å²) in [6, 6.07) is 10.3. The van der Waals surface area contributed by atoms with E-state index in [1.165, 1.54) is 0 Å². The Balaban J connectivity index is 1.82. The van der Waals surface area contributed by atoms with Gasteiger partial charge in [0, 0.05) is 25.6 Å². The lowest BCUT2D eigenvalue weighted by molar-refractivity contribution is -0.137. The van der Waals surface area contributed by atoms with Crippen LogP contribution in [0.4, 0.5) is 18.9 Å². The van der Waals surface area contributed by atoms with Crippen molar-refractivity contribution in [1.82, 2.24) is 5.32 Å². The van der Waals surface area contributed by atoms with Gasteiger partial charge < -0.3 is 15.0 Å². The average molecular weight is 362 g/mol. The zero-order valence-corrected chi connectivity index (χ0v) is 14.7. The fraction of sp³-hybridized carbons (Fsp3) is 0.400. The summed E-state index contributed by atoms with van der Waals surface area (Å²) in [7, 11) is 1.77. The van der Waals surface area contributed by atoms with Crippen LogP contribution < -0.4 is 15.0 Å². The maximum atomic E-state index is 13.8. The van der Waals surface area contributed by atoms with Crippen molar-refractivity contribution in [3.8, 4) is 11.5 Å². The molecule has 2 heterocycles. The van der Waals surface area contributed by atoms with E-state index >= 15 is 0 Å². The number of rotatable bonds is 2. The van der Waals surface area contributed by atoms with Gasteiger partial charge >= 0.3 is 6.18 Å². The lowest BCUT2D eigenvalue weighted by Crippen LogP contribution is -2.42. The molecule has 4 rings (SSSR count). The van der Waals surface area contributed by atoms with Crippen molar-refractivity contribution in [3.63, 3.8) is 0 Å². The van der Waals surface area contributed by atoms with E-state index < -0.39 is 11.7 Å². The van der Waals surface area contributed by atoms with Gasteiger partial charge in [0.25, 0.3) is 0 Å². The Morgan fingerprint density at radius 1 is 1.19 bits per heavy atom. The third-order valence-electron chi connectivity index (χ3n) is 5.43. The lowest BCUT2D eigenvalue weighted by Gasteiger charge is -2.31. The molecule has 138 valence electrons. The zero-order chi connectivity index (χ0) is 18.5. The second-order valence-electron chi connectivity index (χ2n) is 7.05. The largest absolute Gasteiger partial charge is 0.457 e. The lowest BCUT2D eigenvalue weighted by atomic mass is 9.89. The van der Waals surface area contributed by atoms with Crippen molar-refractivity contribution >= 4 is 5.69 Å². The van der Waals surface area contributed by atoms with Crippen LogP contribution in [0.2, 0.25) is 0 Å². The van der Waals surface area contributed by atoms with Gasteiger partial charge in [0.05, 0.1) is 11.3 Å². The molecule has 26 heavy (non-hydrogen) atoms. The minimum absolute atomic E-state index is 0.0465. The van der Waals surface area contributed by atoms with Crippen LogP contribution in [0.15, 0.2) is 36.4 Å². The number of nitrogens with zero attached hydrogens (tertiary/aromatic N) is 1. The van der Waals surface area contributed by atoms with Crippen LogP contribution in [0, 0.1) is 6.92 Å². The van der Waals surface area contributed by atoms with E-state index in [0.29, 0.717) is 18.0 Å². The number of para-hydroxylation sites is 1. The van der Waals surface area contributed by atoms with Crippen molar-refractivity contribution < 1.29 is 17.9 Å². The second-order valence-corrected chi connectivity index (χ2v) is 7.05. The molecular weight excluding hydrogens is 341 g/mol. The molecule has 2 atom stereocenters. The number of alkyl halides is 3. The summed E-state index contributed by atoms with van der Waals surface area (Å²) in [6.45, 7) is 3.39. The van der Waals surface area contributed by atoms with Crippen molar-refractivity contribution in [3.05, 3.63) is 53.1 Å². The number of halogens is 3. The van der Waals surface area contributed by atoms with Gasteiger partial charge in [-0.3, -0.25) is 0 Å². The Kier molecular flexibility index (Phi) is 4.10. The highest BCUT2D eigenvalue weighted by Crippen LogP contribution is 2.50. The number of fused-ring (bicyclic) bond motifs is 3. The first-order valence-corrected chi connectivity index (χ1v) is 8.78. The molecular formula is C20H21F3N2O. The first-order valence-electron chi connectivity index (χ1n) is 8.78. The third-order valence-corrected chi connectivity index (χ3v) is 5.43. The molecule has 3 nitrogen and oxygen atoms in total. The fourth-order valence-corrected chi connectivity index (χ4v) is 4.17. The molecule has 0 spiro atoms. The predicted molar refractivity (Wildman–Crippen MR) is 95.1 cm³/mol. The van der Waals surface area contributed by atoms with E-state index in [9.17, 15) is 13.2 Å². The van der Waals surface area contributed by atoms with Gasteiger partial charge in [-0.25, -0.2) is 0 Å². The summed E-state index contributed by atoms with van der Waals surface area (Å²) in [5, 5.41) is 3.31. The Hall–Kier alpha value is -2.21. The topological polar surface area (TPSA) is 24.5 Å². The fourth-order valence-electron chi connectivity index (χ4n) is 4.17. The monoisotopic (exact) mass is 362 g/mol. The summed E-state index contributed by atoms with van der Waals surface area (Å²) in [5.74, 6) is 0.862. The van der Waals surface area contributed by atoms with Gasteiger partial charge in [-0.2, -0.15) is 13.2 Å². The van der Waals surface area contributed by atoms with Gasteiger partial charge in [-0.1, -0.05) is 18.2 Å². The van der Waals surface area contributed by atoms with Gasteiger partial charge in [0.2, 0.25) is 0 Å². The molecule has 1 saturated heterocycles. The highest BCUT2D eigenvalue weighted by molar-refractivity contribution is 5.69. The van der Waals surface area contributed by atoms with Crippen molar-refractivity contribution in [2.45, 2.75) is 31.5 Å². The third kappa shape index (κ3) is 2.82. The van der Waals surface area contributed by atoms with Crippen LogP contribution in [0.5, 0.6) is 11.5 Å². The molecule has 2 aliphatic rings. The zero-order valence-electron chi connectivity index (χ0n) is 14.7. The number of hydrogen-bond acceptors (Lipinski definition) is 3. The molecule has 2 aliphatic heterocycles. The maximum absolute atomic E-state index is 13.8. The van der Waals surface area contributed by atoms with Crippen molar-refractivity contribution in [2.75, 3.05) is 25.0 Å². The van der Waals surface area contributed by atoms with Crippen LogP contribution in [-0.2, 0) is 6.18 Å². The SMILES string of the molecule is Cc1ccccc1Oc1cc2c(c(C(F)(F)F)c1)N(C)[C@H]1CCNC[C@@H]21. The average Bonchev–Trinajstić information content (AvgIpc) is 2.89. The summed E-state index contributed by atoms with van der Waals surface area (Å²) in [6.07, 6.45) is -3.59. The van der Waals surface area contributed by atoms with Crippen LogP contribution in [0.3, 0.4) is 0 Å². The van der Waals surface area contributed by atoms with Crippen LogP contribution >= 0.6 is 0 Å². The van der Waals surface area contributed by atoms with Crippen molar-refractivity contribution in [2.24, 2.45) is 0 Å². The Labute approximate surface area is 150 Å². The molecule has 0 bridgehead atoms. The molecule has 6 heteroatoms. The molecule has 0 unspecified atom stereocenters. The van der Waals surface area contributed by atoms with Gasteiger partial charge in [0.1, 0.15) is 11.5 Å². The Morgan fingerprint density at radius 2 is 1.96 bits per heavy atom. The van der Waals surface area contributed by atoms with Gasteiger partial charge in [-0.05, 0) is 49.2 Å². The number of hydrogen-bond donors (Lipinski definition) is 1. The highest BCUT2D eigenvalue weighted by Gasteiger charge is 2.45. The van der Waals surface area contributed by atoms with Crippen LogP contribution in [0.1, 0.15) is 29.0 Å². The first kappa shape index (κ1) is 17.2. The van der Waals surface area contributed by atoms with E-state index in [-0.39, 0.29) is 17.7 Å².